The van der Waals surface area contributed by atoms with E-state index in [2.05, 4.69) is 17.3 Å². The minimum atomic E-state index is 0.825. The SMILES string of the molecule is CN1CCCCC1CC1CCCN1. The molecule has 2 heterocycles. The first-order chi connectivity index (χ1) is 6.36. The monoisotopic (exact) mass is 182 g/mol. The first-order valence-electron chi connectivity index (χ1n) is 5.80. The van der Waals surface area contributed by atoms with Crippen LogP contribution in [0.1, 0.15) is 38.5 Å². The number of rotatable bonds is 2. The van der Waals surface area contributed by atoms with Crippen LogP contribution >= 0.6 is 0 Å². The summed E-state index contributed by atoms with van der Waals surface area (Å²) in [5, 5.41) is 3.60. The predicted octanol–water partition coefficient (Wildman–Crippen LogP) is 1.61. The molecule has 0 aliphatic carbocycles. The third kappa shape index (κ3) is 2.44. The van der Waals surface area contributed by atoms with Gasteiger partial charge < -0.3 is 10.2 Å². The molecule has 2 aliphatic rings. The number of nitrogens with zero attached hydrogens (tertiary/aromatic N) is 1. The molecule has 2 fully saturated rings. The Morgan fingerprint density at radius 3 is 2.85 bits per heavy atom. The summed E-state index contributed by atoms with van der Waals surface area (Å²) >= 11 is 0. The Bertz CT molecular complexity index is 152. The molecule has 0 radical (unpaired) electrons. The normalized spacial score (nSPS) is 36.7. The van der Waals surface area contributed by atoms with E-state index in [1.54, 1.807) is 0 Å². The lowest BCUT2D eigenvalue weighted by Crippen LogP contribution is -2.40. The molecule has 2 atom stereocenters. The number of hydrogen-bond donors (Lipinski definition) is 1. The Balaban J connectivity index is 1.78. The maximum absolute atomic E-state index is 3.60. The summed E-state index contributed by atoms with van der Waals surface area (Å²) in [7, 11) is 2.29. The summed E-state index contributed by atoms with van der Waals surface area (Å²) in [5.74, 6) is 0. The summed E-state index contributed by atoms with van der Waals surface area (Å²) in [6.07, 6.45) is 8.46. The predicted molar refractivity (Wildman–Crippen MR) is 55.9 cm³/mol. The Kier molecular flexibility index (Phi) is 3.23. The van der Waals surface area contributed by atoms with Gasteiger partial charge in [-0.25, -0.2) is 0 Å². The van der Waals surface area contributed by atoms with E-state index in [9.17, 15) is 0 Å². The molecular formula is C11H22N2. The van der Waals surface area contributed by atoms with Gasteiger partial charge in [0.15, 0.2) is 0 Å². The lowest BCUT2D eigenvalue weighted by molar-refractivity contribution is 0.166. The van der Waals surface area contributed by atoms with E-state index < -0.39 is 0 Å². The van der Waals surface area contributed by atoms with Crippen LogP contribution in [0.15, 0.2) is 0 Å². The molecular weight excluding hydrogens is 160 g/mol. The molecule has 2 saturated heterocycles. The average Bonchev–Trinajstić information content (AvgIpc) is 2.61. The van der Waals surface area contributed by atoms with Gasteiger partial charge in [0.25, 0.3) is 0 Å². The van der Waals surface area contributed by atoms with Crippen LogP contribution in [0.5, 0.6) is 0 Å². The summed E-state index contributed by atoms with van der Waals surface area (Å²) in [4.78, 5) is 2.56. The maximum Gasteiger partial charge on any atom is 0.0107 e. The summed E-state index contributed by atoms with van der Waals surface area (Å²) in [5.41, 5.74) is 0. The van der Waals surface area contributed by atoms with Crippen LogP contribution in [0.25, 0.3) is 0 Å². The van der Waals surface area contributed by atoms with Crippen LogP contribution in [-0.4, -0.2) is 37.1 Å². The van der Waals surface area contributed by atoms with Crippen LogP contribution in [0.3, 0.4) is 0 Å². The quantitative estimate of drug-likeness (QED) is 0.698. The van der Waals surface area contributed by atoms with Gasteiger partial charge in [-0.15, -0.1) is 0 Å². The molecule has 0 aromatic carbocycles. The van der Waals surface area contributed by atoms with Gasteiger partial charge in [-0.2, -0.15) is 0 Å². The zero-order valence-corrected chi connectivity index (χ0v) is 8.76. The second-order valence-electron chi connectivity index (χ2n) is 4.66. The van der Waals surface area contributed by atoms with Crippen molar-refractivity contribution in [2.24, 2.45) is 0 Å². The molecule has 0 aromatic heterocycles. The number of nitrogens with one attached hydrogen (secondary N) is 1. The van der Waals surface area contributed by atoms with Crippen LogP contribution in [-0.2, 0) is 0 Å². The van der Waals surface area contributed by atoms with Gasteiger partial charge in [0.2, 0.25) is 0 Å². The van der Waals surface area contributed by atoms with Gasteiger partial charge in [-0.3, -0.25) is 0 Å². The van der Waals surface area contributed by atoms with Crippen molar-refractivity contribution in [3.05, 3.63) is 0 Å². The summed E-state index contributed by atoms with van der Waals surface area (Å²) in [6, 6.07) is 1.69. The summed E-state index contributed by atoms with van der Waals surface area (Å²) < 4.78 is 0. The van der Waals surface area contributed by atoms with Gasteiger partial charge in [0.1, 0.15) is 0 Å². The Morgan fingerprint density at radius 1 is 1.23 bits per heavy atom. The van der Waals surface area contributed by atoms with Crippen molar-refractivity contribution in [3.63, 3.8) is 0 Å². The van der Waals surface area contributed by atoms with Crippen molar-refractivity contribution in [2.45, 2.75) is 50.6 Å². The van der Waals surface area contributed by atoms with Crippen LogP contribution in [0, 0.1) is 0 Å². The maximum atomic E-state index is 3.60. The van der Waals surface area contributed by atoms with Crippen molar-refractivity contribution < 1.29 is 0 Å². The fraction of sp³-hybridized carbons (Fsp3) is 1.00. The van der Waals surface area contributed by atoms with Gasteiger partial charge in [-0.1, -0.05) is 6.42 Å². The molecule has 0 amide bonds. The highest BCUT2D eigenvalue weighted by Crippen LogP contribution is 2.21. The number of hydrogen-bond acceptors (Lipinski definition) is 2. The lowest BCUT2D eigenvalue weighted by atomic mass is 9.96. The second kappa shape index (κ2) is 4.43. The minimum Gasteiger partial charge on any atom is -0.314 e. The molecule has 2 aliphatic heterocycles. The van der Waals surface area contributed by atoms with Crippen LogP contribution in [0.4, 0.5) is 0 Å². The second-order valence-corrected chi connectivity index (χ2v) is 4.66. The highest BCUT2D eigenvalue weighted by Gasteiger charge is 2.24. The van der Waals surface area contributed by atoms with E-state index in [0.29, 0.717) is 0 Å². The minimum absolute atomic E-state index is 0.825. The standard InChI is InChI=1S/C11H22N2/c1-13-8-3-2-6-11(13)9-10-5-4-7-12-10/h10-12H,2-9H2,1H3. The Hall–Kier alpha value is -0.0800. The van der Waals surface area contributed by atoms with E-state index in [1.807, 2.05) is 0 Å². The molecule has 0 spiro atoms. The smallest absolute Gasteiger partial charge is 0.0107 e. The van der Waals surface area contributed by atoms with Gasteiger partial charge in [-0.05, 0) is 52.2 Å². The van der Waals surface area contributed by atoms with Crippen molar-refractivity contribution in [1.29, 1.82) is 0 Å². The highest BCUT2D eigenvalue weighted by atomic mass is 15.1. The van der Waals surface area contributed by atoms with E-state index in [0.717, 1.165) is 12.1 Å². The van der Waals surface area contributed by atoms with Crippen molar-refractivity contribution >= 4 is 0 Å². The molecule has 1 N–H and O–H groups in total. The molecule has 0 aromatic rings. The molecule has 2 nitrogen and oxygen atoms in total. The number of piperidine rings is 1. The van der Waals surface area contributed by atoms with Crippen molar-refractivity contribution in [2.75, 3.05) is 20.1 Å². The largest absolute Gasteiger partial charge is 0.314 e. The van der Waals surface area contributed by atoms with Crippen LogP contribution in [0.2, 0.25) is 0 Å². The number of likely N-dealkylation sites (tertiary alicyclic amines) is 1. The van der Waals surface area contributed by atoms with E-state index in [1.165, 1.54) is 51.6 Å². The van der Waals surface area contributed by atoms with Crippen molar-refractivity contribution in [1.82, 2.24) is 10.2 Å². The third-order valence-corrected chi connectivity index (χ3v) is 3.64. The summed E-state index contributed by atoms with van der Waals surface area (Å²) in [6.45, 7) is 2.57. The topological polar surface area (TPSA) is 15.3 Å². The fourth-order valence-electron chi connectivity index (χ4n) is 2.73. The van der Waals surface area contributed by atoms with E-state index in [-0.39, 0.29) is 0 Å². The molecule has 2 rings (SSSR count). The fourth-order valence-corrected chi connectivity index (χ4v) is 2.73. The lowest BCUT2D eigenvalue weighted by Gasteiger charge is -2.34. The first kappa shape index (κ1) is 9.47. The third-order valence-electron chi connectivity index (χ3n) is 3.64. The van der Waals surface area contributed by atoms with E-state index in [4.69, 9.17) is 0 Å². The zero-order chi connectivity index (χ0) is 9.10. The van der Waals surface area contributed by atoms with Crippen molar-refractivity contribution in [3.8, 4) is 0 Å². The Morgan fingerprint density at radius 2 is 2.15 bits per heavy atom. The zero-order valence-electron chi connectivity index (χ0n) is 8.76. The molecule has 2 unspecified atom stereocenters. The molecule has 13 heavy (non-hydrogen) atoms. The highest BCUT2D eigenvalue weighted by molar-refractivity contribution is 4.83. The van der Waals surface area contributed by atoms with Gasteiger partial charge in [0.05, 0.1) is 0 Å². The molecule has 76 valence electrons. The molecule has 0 bridgehead atoms. The van der Waals surface area contributed by atoms with Gasteiger partial charge >= 0.3 is 0 Å². The average molecular weight is 182 g/mol. The molecule has 0 saturated carbocycles. The van der Waals surface area contributed by atoms with E-state index >= 15 is 0 Å². The first-order valence-corrected chi connectivity index (χ1v) is 5.80. The van der Waals surface area contributed by atoms with Gasteiger partial charge in [0, 0.05) is 12.1 Å². The van der Waals surface area contributed by atoms with Crippen LogP contribution < -0.4 is 5.32 Å². The Labute approximate surface area is 81.7 Å². The molecule has 2 heteroatoms.